The van der Waals surface area contributed by atoms with Gasteiger partial charge in [0.25, 0.3) is 11.5 Å². The predicted octanol–water partition coefficient (Wildman–Crippen LogP) is 1.41. The molecule has 1 aromatic heterocycles. The molecule has 0 bridgehead atoms. The number of carbonyl (C=O) groups excluding carboxylic acids is 1. The van der Waals surface area contributed by atoms with Crippen molar-refractivity contribution in [3.8, 4) is 0 Å². The second kappa shape index (κ2) is 6.01. The van der Waals surface area contributed by atoms with Crippen molar-refractivity contribution >= 4 is 5.91 Å². The zero-order valence-corrected chi connectivity index (χ0v) is 13.0. The Bertz CT molecular complexity index is 765. The number of rotatable bonds is 5. The third kappa shape index (κ3) is 3.05. The minimum Gasteiger partial charge on any atom is -0.383 e. The number of aryl methyl sites for hydroxylation is 1. The van der Waals surface area contributed by atoms with Crippen molar-refractivity contribution in [3.05, 3.63) is 70.1 Å². The Morgan fingerprint density at radius 2 is 1.96 bits per heavy atom. The fourth-order valence-corrected chi connectivity index (χ4v) is 2.85. The van der Waals surface area contributed by atoms with Gasteiger partial charge in [0.05, 0.1) is 6.54 Å². The average molecular weight is 312 g/mol. The van der Waals surface area contributed by atoms with Gasteiger partial charge < -0.3 is 15.0 Å². The maximum Gasteiger partial charge on any atom is 0.263 e. The molecule has 1 aromatic carbocycles. The summed E-state index contributed by atoms with van der Waals surface area (Å²) in [6, 6.07) is 12.5. The van der Waals surface area contributed by atoms with Crippen molar-refractivity contribution in [2.24, 2.45) is 13.0 Å². The molecule has 3 rings (SSSR count). The van der Waals surface area contributed by atoms with Gasteiger partial charge in [-0.1, -0.05) is 30.3 Å². The van der Waals surface area contributed by atoms with Crippen LogP contribution in [0, 0.1) is 5.92 Å². The third-order valence-corrected chi connectivity index (χ3v) is 4.41. The zero-order valence-electron chi connectivity index (χ0n) is 13.0. The molecule has 1 heterocycles. The number of aliphatic hydroxyl groups is 1. The quantitative estimate of drug-likeness (QED) is 0.877. The van der Waals surface area contributed by atoms with E-state index in [1.807, 2.05) is 30.3 Å². The summed E-state index contributed by atoms with van der Waals surface area (Å²) >= 11 is 0. The maximum absolute atomic E-state index is 12.3. The Morgan fingerprint density at radius 1 is 1.26 bits per heavy atom. The Kier molecular flexibility index (Phi) is 4.05. The summed E-state index contributed by atoms with van der Waals surface area (Å²) in [5.74, 6) is -0.315. The van der Waals surface area contributed by atoms with Gasteiger partial charge in [-0.05, 0) is 36.5 Å². The lowest BCUT2D eigenvalue weighted by Crippen LogP contribution is -2.43. The molecule has 1 atom stereocenters. The van der Waals surface area contributed by atoms with Gasteiger partial charge in [0, 0.05) is 13.2 Å². The van der Waals surface area contributed by atoms with Crippen LogP contribution in [0.4, 0.5) is 0 Å². The number of hydrogen-bond donors (Lipinski definition) is 2. The van der Waals surface area contributed by atoms with Crippen molar-refractivity contribution in [3.63, 3.8) is 0 Å². The monoisotopic (exact) mass is 312 g/mol. The lowest BCUT2D eigenvalue weighted by molar-refractivity contribution is 0.0135. The van der Waals surface area contributed by atoms with Crippen LogP contribution in [0.15, 0.2) is 53.5 Å². The summed E-state index contributed by atoms with van der Waals surface area (Å²) in [5.41, 5.74) is -0.554. The number of aromatic nitrogens is 1. The van der Waals surface area contributed by atoms with Gasteiger partial charge in [0.2, 0.25) is 0 Å². The van der Waals surface area contributed by atoms with Crippen LogP contribution in [0.3, 0.4) is 0 Å². The summed E-state index contributed by atoms with van der Waals surface area (Å²) in [7, 11) is 1.60. The molecule has 0 radical (unpaired) electrons. The Hall–Kier alpha value is -2.40. The van der Waals surface area contributed by atoms with E-state index in [1.165, 1.54) is 10.6 Å². The largest absolute Gasteiger partial charge is 0.383 e. The molecule has 120 valence electrons. The van der Waals surface area contributed by atoms with Crippen LogP contribution in [-0.4, -0.2) is 22.1 Å². The first-order valence-electron chi connectivity index (χ1n) is 7.74. The van der Waals surface area contributed by atoms with E-state index in [4.69, 9.17) is 0 Å². The topological polar surface area (TPSA) is 71.3 Å². The van der Waals surface area contributed by atoms with E-state index in [2.05, 4.69) is 5.32 Å². The van der Waals surface area contributed by atoms with Gasteiger partial charge in [-0.2, -0.15) is 0 Å². The van der Waals surface area contributed by atoms with Gasteiger partial charge in [0.15, 0.2) is 0 Å². The van der Waals surface area contributed by atoms with Crippen molar-refractivity contribution in [1.29, 1.82) is 0 Å². The Labute approximate surface area is 134 Å². The van der Waals surface area contributed by atoms with E-state index in [0.717, 1.165) is 18.4 Å². The van der Waals surface area contributed by atoms with Crippen molar-refractivity contribution in [1.82, 2.24) is 9.88 Å². The fourth-order valence-electron chi connectivity index (χ4n) is 2.85. The van der Waals surface area contributed by atoms with Gasteiger partial charge in [-0.25, -0.2) is 0 Å². The highest BCUT2D eigenvalue weighted by Gasteiger charge is 2.45. The summed E-state index contributed by atoms with van der Waals surface area (Å²) in [5, 5.41) is 13.8. The number of pyridine rings is 1. The molecule has 5 nitrogen and oxygen atoms in total. The second-order valence-corrected chi connectivity index (χ2v) is 6.09. The van der Waals surface area contributed by atoms with Crippen LogP contribution in [0.25, 0.3) is 0 Å². The summed E-state index contributed by atoms with van der Waals surface area (Å²) in [4.78, 5) is 24.3. The Balaban J connectivity index is 1.79. The van der Waals surface area contributed by atoms with E-state index >= 15 is 0 Å². The molecule has 23 heavy (non-hydrogen) atoms. The van der Waals surface area contributed by atoms with Crippen molar-refractivity contribution in [2.75, 3.05) is 6.54 Å². The van der Waals surface area contributed by atoms with Gasteiger partial charge in [-0.3, -0.25) is 9.59 Å². The van der Waals surface area contributed by atoms with E-state index in [0.29, 0.717) is 0 Å². The number of carbonyl (C=O) groups is 1. The van der Waals surface area contributed by atoms with Crippen molar-refractivity contribution < 1.29 is 9.90 Å². The van der Waals surface area contributed by atoms with Gasteiger partial charge in [-0.15, -0.1) is 0 Å². The SMILES string of the molecule is Cn1cccc(C(=O)NCC(O)(c2ccccc2)C2CC2)c1=O. The van der Waals surface area contributed by atoms with Crippen LogP contribution in [0.5, 0.6) is 0 Å². The molecule has 1 amide bonds. The predicted molar refractivity (Wildman–Crippen MR) is 87.1 cm³/mol. The molecule has 1 unspecified atom stereocenters. The second-order valence-electron chi connectivity index (χ2n) is 6.09. The van der Waals surface area contributed by atoms with Crippen LogP contribution in [-0.2, 0) is 12.6 Å². The van der Waals surface area contributed by atoms with Crippen LogP contribution in [0.2, 0.25) is 0 Å². The summed E-state index contributed by atoms with van der Waals surface area (Å²) in [6.07, 6.45) is 3.48. The highest BCUT2D eigenvalue weighted by molar-refractivity contribution is 5.93. The first-order valence-corrected chi connectivity index (χ1v) is 7.74. The minimum absolute atomic E-state index is 0.0845. The molecule has 0 aliphatic heterocycles. The first kappa shape index (κ1) is 15.5. The molecule has 5 heteroatoms. The molecule has 0 saturated heterocycles. The van der Waals surface area contributed by atoms with E-state index in [9.17, 15) is 14.7 Å². The number of hydrogen-bond acceptors (Lipinski definition) is 3. The van der Waals surface area contributed by atoms with Crippen molar-refractivity contribution in [2.45, 2.75) is 18.4 Å². The van der Waals surface area contributed by atoms with E-state index < -0.39 is 11.5 Å². The molecular weight excluding hydrogens is 292 g/mol. The fraction of sp³-hybridized carbons (Fsp3) is 0.333. The maximum atomic E-state index is 12.3. The van der Waals surface area contributed by atoms with Crippen LogP contribution >= 0.6 is 0 Å². The average Bonchev–Trinajstić information content (AvgIpc) is 3.41. The molecule has 2 N–H and O–H groups in total. The third-order valence-electron chi connectivity index (χ3n) is 4.41. The Morgan fingerprint density at radius 3 is 2.61 bits per heavy atom. The smallest absolute Gasteiger partial charge is 0.263 e. The summed E-state index contributed by atoms with van der Waals surface area (Å²) < 4.78 is 1.36. The number of nitrogens with one attached hydrogen (secondary N) is 1. The molecule has 1 aliphatic carbocycles. The number of amides is 1. The molecule has 1 saturated carbocycles. The van der Waals surface area contributed by atoms with E-state index in [-0.39, 0.29) is 23.6 Å². The lowest BCUT2D eigenvalue weighted by Gasteiger charge is -2.29. The zero-order chi connectivity index (χ0) is 16.4. The molecule has 2 aromatic rings. The normalized spacial score (nSPS) is 16.6. The van der Waals surface area contributed by atoms with Crippen LogP contribution < -0.4 is 10.9 Å². The van der Waals surface area contributed by atoms with E-state index in [1.54, 1.807) is 19.3 Å². The standard InChI is InChI=1S/C18H20N2O3/c1-20-11-5-8-15(17(20)22)16(21)19-12-18(23,14-9-10-14)13-6-3-2-4-7-13/h2-8,11,14,23H,9-10,12H2,1H3,(H,19,21). The molecule has 0 spiro atoms. The van der Waals surface area contributed by atoms with Gasteiger partial charge >= 0.3 is 0 Å². The van der Waals surface area contributed by atoms with Gasteiger partial charge in [0.1, 0.15) is 11.2 Å². The highest BCUT2D eigenvalue weighted by Crippen LogP contribution is 2.45. The highest BCUT2D eigenvalue weighted by atomic mass is 16.3. The lowest BCUT2D eigenvalue weighted by atomic mass is 9.88. The van der Waals surface area contributed by atoms with Crippen LogP contribution in [0.1, 0.15) is 28.8 Å². The number of nitrogens with zero attached hydrogens (tertiary/aromatic N) is 1. The molecule has 1 fully saturated rings. The minimum atomic E-state index is -1.09. The molecular formula is C18H20N2O3. The first-order chi connectivity index (χ1) is 11.0. The molecule has 1 aliphatic rings. The number of benzene rings is 1. The summed E-state index contributed by atoms with van der Waals surface area (Å²) in [6.45, 7) is 0.0958.